The molecule has 0 aliphatic carbocycles. The van der Waals surface area contributed by atoms with Crippen LogP contribution in [-0.4, -0.2) is 26.6 Å². The first-order valence-corrected chi connectivity index (χ1v) is 9.35. The minimum absolute atomic E-state index is 0.0950. The molecule has 2 N–H and O–H groups in total. The van der Waals surface area contributed by atoms with Gasteiger partial charge >= 0.3 is 0 Å². The van der Waals surface area contributed by atoms with Crippen LogP contribution in [0, 0.1) is 0 Å². The number of hydrogen-bond acceptors (Lipinski definition) is 4. The normalized spacial score (nSPS) is 16.2. The van der Waals surface area contributed by atoms with Crippen molar-refractivity contribution < 1.29 is 9.59 Å². The minimum atomic E-state index is -0.454. The molecule has 7 heteroatoms. The van der Waals surface area contributed by atoms with E-state index in [0.29, 0.717) is 12.5 Å². The summed E-state index contributed by atoms with van der Waals surface area (Å²) < 4.78 is 1.95. The van der Waals surface area contributed by atoms with Gasteiger partial charge in [0.2, 0.25) is 17.8 Å². The Morgan fingerprint density at radius 2 is 2.00 bits per heavy atom. The van der Waals surface area contributed by atoms with Crippen LogP contribution in [0.25, 0.3) is 11.0 Å². The number of aryl methyl sites for hydroxylation is 1. The number of aromatic nitrogens is 2. The third-order valence-corrected chi connectivity index (χ3v) is 5.57. The van der Waals surface area contributed by atoms with Crippen LogP contribution in [0.1, 0.15) is 13.3 Å². The summed E-state index contributed by atoms with van der Waals surface area (Å²) in [5.74, 6) is 0.148. The highest BCUT2D eigenvalue weighted by Gasteiger charge is 2.29. The third kappa shape index (κ3) is 3.06. The van der Waals surface area contributed by atoms with Gasteiger partial charge in [0.25, 0.3) is 0 Å². The molecule has 132 valence electrons. The number of amides is 2. The number of carbonyl (C=O) groups excluding carboxylic acids is 2. The zero-order chi connectivity index (χ0) is 18.1. The van der Waals surface area contributed by atoms with E-state index in [2.05, 4.69) is 15.6 Å². The van der Waals surface area contributed by atoms with Crippen LogP contribution in [0.5, 0.6) is 0 Å². The second-order valence-electron chi connectivity index (χ2n) is 6.01. The molecule has 1 aliphatic heterocycles. The Kier molecular flexibility index (Phi) is 4.38. The summed E-state index contributed by atoms with van der Waals surface area (Å²) in [6.45, 7) is 2.70. The van der Waals surface area contributed by atoms with E-state index in [1.54, 1.807) is 0 Å². The van der Waals surface area contributed by atoms with Crippen molar-refractivity contribution in [3.63, 3.8) is 0 Å². The first-order chi connectivity index (χ1) is 12.7. The van der Waals surface area contributed by atoms with Crippen molar-refractivity contribution in [1.82, 2.24) is 9.55 Å². The highest BCUT2D eigenvalue weighted by atomic mass is 32.2. The van der Waals surface area contributed by atoms with E-state index in [1.807, 2.05) is 60.0 Å². The van der Waals surface area contributed by atoms with Crippen LogP contribution in [0.3, 0.4) is 0 Å². The van der Waals surface area contributed by atoms with Crippen molar-refractivity contribution in [3.8, 4) is 0 Å². The van der Waals surface area contributed by atoms with Gasteiger partial charge < -0.3 is 9.88 Å². The number of carbonyl (C=O) groups is 2. The molecule has 0 saturated carbocycles. The summed E-state index contributed by atoms with van der Waals surface area (Å²) in [6, 6.07) is 15.4. The number of para-hydroxylation sites is 3. The fraction of sp³-hybridized carbons (Fsp3) is 0.211. The summed E-state index contributed by atoms with van der Waals surface area (Å²) in [7, 11) is 0. The average molecular weight is 366 g/mol. The molecular formula is C19H18N4O2S. The Bertz CT molecular complexity index is 998. The van der Waals surface area contributed by atoms with E-state index >= 15 is 0 Å². The molecule has 0 fully saturated rings. The number of thioether (sulfide) groups is 1. The second kappa shape index (κ2) is 6.84. The van der Waals surface area contributed by atoms with Gasteiger partial charge in [-0.1, -0.05) is 24.3 Å². The smallest absolute Gasteiger partial charge is 0.238 e. The molecule has 2 aromatic carbocycles. The fourth-order valence-corrected chi connectivity index (χ4v) is 4.17. The quantitative estimate of drug-likeness (QED) is 0.741. The zero-order valence-electron chi connectivity index (χ0n) is 14.2. The number of nitrogens with zero attached hydrogens (tertiary/aromatic N) is 2. The number of benzene rings is 2. The Hall–Kier alpha value is -2.80. The van der Waals surface area contributed by atoms with Crippen LogP contribution in [0.2, 0.25) is 0 Å². The van der Waals surface area contributed by atoms with Gasteiger partial charge in [-0.25, -0.2) is 4.98 Å². The zero-order valence-corrected chi connectivity index (χ0v) is 15.0. The summed E-state index contributed by atoms with van der Waals surface area (Å²) in [5.41, 5.74) is 2.61. The monoisotopic (exact) mass is 366 g/mol. The number of anilines is 2. The highest BCUT2D eigenvalue weighted by Crippen LogP contribution is 2.36. The molecule has 26 heavy (non-hydrogen) atoms. The van der Waals surface area contributed by atoms with E-state index in [0.717, 1.165) is 21.6 Å². The maximum atomic E-state index is 12.5. The number of fused-ring (bicyclic) bond motifs is 2. The van der Waals surface area contributed by atoms with Crippen LogP contribution >= 0.6 is 11.8 Å². The van der Waals surface area contributed by atoms with Gasteiger partial charge in [0.05, 0.1) is 22.0 Å². The van der Waals surface area contributed by atoms with Gasteiger partial charge in [-0.3, -0.25) is 14.9 Å². The van der Waals surface area contributed by atoms with Crippen molar-refractivity contribution in [3.05, 3.63) is 48.5 Å². The van der Waals surface area contributed by atoms with Gasteiger partial charge in [-0.05, 0) is 31.2 Å². The predicted octanol–water partition coefficient (Wildman–Crippen LogP) is 3.50. The molecule has 2 amide bonds. The molecule has 1 atom stereocenters. The fourth-order valence-electron chi connectivity index (χ4n) is 3.06. The Balaban J connectivity index is 1.50. The molecule has 0 saturated heterocycles. The summed E-state index contributed by atoms with van der Waals surface area (Å²) in [6.07, 6.45) is 0.0950. The standard InChI is InChI=1S/C19H18N4O2S/c1-2-23-14-9-5-3-7-12(14)21-19(23)22-17(24)11-16-18(25)20-13-8-4-6-10-15(13)26-16/h3-10,16H,2,11H2,1H3,(H,20,25)(H,21,22,24). The second-order valence-corrected chi connectivity index (χ2v) is 7.26. The summed E-state index contributed by atoms with van der Waals surface area (Å²) >= 11 is 1.42. The highest BCUT2D eigenvalue weighted by molar-refractivity contribution is 8.01. The number of imidazole rings is 1. The van der Waals surface area contributed by atoms with E-state index in [1.165, 1.54) is 11.8 Å². The largest absolute Gasteiger partial charge is 0.324 e. The van der Waals surface area contributed by atoms with Crippen LogP contribution in [0.4, 0.5) is 11.6 Å². The van der Waals surface area contributed by atoms with Crippen molar-refractivity contribution in [1.29, 1.82) is 0 Å². The van der Waals surface area contributed by atoms with Crippen molar-refractivity contribution in [2.45, 2.75) is 30.0 Å². The van der Waals surface area contributed by atoms with Crippen LogP contribution in [-0.2, 0) is 16.1 Å². The maximum absolute atomic E-state index is 12.5. The Morgan fingerprint density at radius 1 is 1.23 bits per heavy atom. The van der Waals surface area contributed by atoms with E-state index in [4.69, 9.17) is 0 Å². The SMILES string of the molecule is CCn1c(NC(=O)CC2Sc3ccccc3NC2=O)nc2ccccc21. The summed E-state index contributed by atoms with van der Waals surface area (Å²) in [4.78, 5) is 30.3. The van der Waals surface area contributed by atoms with Crippen LogP contribution in [0.15, 0.2) is 53.4 Å². The van der Waals surface area contributed by atoms with E-state index < -0.39 is 5.25 Å². The predicted molar refractivity (Wildman–Crippen MR) is 103 cm³/mol. The van der Waals surface area contributed by atoms with Gasteiger partial charge in [0, 0.05) is 17.9 Å². The molecule has 4 rings (SSSR count). The van der Waals surface area contributed by atoms with Gasteiger partial charge in [0.15, 0.2) is 0 Å². The van der Waals surface area contributed by atoms with Crippen LogP contribution < -0.4 is 10.6 Å². The topological polar surface area (TPSA) is 76.0 Å². The minimum Gasteiger partial charge on any atom is -0.324 e. The van der Waals surface area contributed by atoms with E-state index in [-0.39, 0.29) is 18.2 Å². The molecule has 0 bridgehead atoms. The molecule has 0 spiro atoms. The molecule has 3 aromatic rings. The third-order valence-electron chi connectivity index (χ3n) is 4.30. The molecule has 1 aromatic heterocycles. The molecule has 1 unspecified atom stereocenters. The first-order valence-electron chi connectivity index (χ1n) is 8.47. The Morgan fingerprint density at radius 3 is 2.85 bits per heavy atom. The first kappa shape index (κ1) is 16.7. The Labute approximate surface area is 155 Å². The van der Waals surface area contributed by atoms with Crippen molar-refractivity contribution in [2.24, 2.45) is 0 Å². The number of nitrogens with one attached hydrogen (secondary N) is 2. The maximum Gasteiger partial charge on any atom is 0.238 e. The van der Waals surface area contributed by atoms with Crippen molar-refractivity contribution >= 4 is 46.2 Å². The lowest BCUT2D eigenvalue weighted by Crippen LogP contribution is -2.32. The van der Waals surface area contributed by atoms with E-state index in [9.17, 15) is 9.59 Å². The van der Waals surface area contributed by atoms with Crippen molar-refractivity contribution in [2.75, 3.05) is 10.6 Å². The van der Waals surface area contributed by atoms with Gasteiger partial charge in [-0.2, -0.15) is 0 Å². The lowest BCUT2D eigenvalue weighted by atomic mass is 10.2. The lowest BCUT2D eigenvalue weighted by Gasteiger charge is -2.23. The lowest BCUT2D eigenvalue weighted by molar-refractivity contribution is -0.120. The molecule has 2 heterocycles. The number of rotatable bonds is 4. The molecule has 1 aliphatic rings. The number of hydrogen-bond donors (Lipinski definition) is 2. The van der Waals surface area contributed by atoms with Gasteiger partial charge in [0.1, 0.15) is 0 Å². The molecule has 6 nitrogen and oxygen atoms in total. The van der Waals surface area contributed by atoms with Gasteiger partial charge in [-0.15, -0.1) is 11.8 Å². The average Bonchev–Trinajstić information content (AvgIpc) is 2.99. The molecule has 0 radical (unpaired) electrons. The summed E-state index contributed by atoms with van der Waals surface area (Å²) in [5, 5.41) is 5.27. The molecular weight excluding hydrogens is 348 g/mol.